The van der Waals surface area contributed by atoms with E-state index in [1.807, 2.05) is 55.5 Å². The Labute approximate surface area is 216 Å². The van der Waals surface area contributed by atoms with Crippen LogP contribution in [-0.4, -0.2) is 26.2 Å². The molecule has 0 aliphatic carbocycles. The average Bonchev–Trinajstić information content (AvgIpc) is 2.86. The molecule has 36 heavy (non-hydrogen) atoms. The van der Waals surface area contributed by atoms with E-state index in [9.17, 15) is 10.1 Å². The van der Waals surface area contributed by atoms with Gasteiger partial charge in [-0.1, -0.05) is 35.9 Å². The first kappa shape index (κ1) is 26.4. The van der Waals surface area contributed by atoms with E-state index in [2.05, 4.69) is 11.9 Å². The lowest BCUT2D eigenvalue weighted by Gasteiger charge is -2.14. The van der Waals surface area contributed by atoms with Gasteiger partial charge < -0.3 is 19.5 Å². The zero-order valence-corrected chi connectivity index (χ0v) is 21.0. The minimum Gasteiger partial charge on any atom is -0.493 e. The molecular weight excluding hydrogens is 476 g/mol. The number of nitrogens with one attached hydrogen (secondary N) is 1. The fraction of sp³-hybridized carbons (Fsp3) is 0.172. The fourth-order valence-electron chi connectivity index (χ4n) is 3.42. The number of aryl methyl sites for hydroxylation is 1. The lowest BCUT2D eigenvalue weighted by atomic mass is 10.1. The predicted molar refractivity (Wildman–Crippen MR) is 143 cm³/mol. The normalized spacial score (nSPS) is 10.8. The van der Waals surface area contributed by atoms with Crippen LogP contribution in [0.25, 0.3) is 6.08 Å². The van der Waals surface area contributed by atoms with Crippen molar-refractivity contribution in [2.75, 3.05) is 25.6 Å². The second-order valence-electron chi connectivity index (χ2n) is 7.85. The van der Waals surface area contributed by atoms with Crippen molar-refractivity contribution in [2.24, 2.45) is 0 Å². The highest BCUT2D eigenvalue weighted by molar-refractivity contribution is 6.30. The first-order chi connectivity index (χ1) is 17.4. The molecule has 0 fully saturated rings. The van der Waals surface area contributed by atoms with Crippen molar-refractivity contribution in [3.8, 4) is 23.3 Å². The second kappa shape index (κ2) is 13.0. The molecule has 3 aromatic rings. The molecule has 3 aromatic carbocycles. The molecule has 7 heteroatoms. The van der Waals surface area contributed by atoms with Gasteiger partial charge in [-0.05, 0) is 73.0 Å². The molecule has 184 valence electrons. The minimum absolute atomic E-state index is 0.0794. The monoisotopic (exact) mass is 502 g/mol. The third-order valence-electron chi connectivity index (χ3n) is 5.12. The Morgan fingerprint density at radius 1 is 1.06 bits per heavy atom. The summed E-state index contributed by atoms with van der Waals surface area (Å²) in [5.41, 5.74) is 3.10. The summed E-state index contributed by atoms with van der Waals surface area (Å²) in [6.07, 6.45) is 4.01. The summed E-state index contributed by atoms with van der Waals surface area (Å²) in [7, 11) is 1.59. The van der Waals surface area contributed by atoms with Crippen LogP contribution in [0, 0.1) is 18.3 Å². The maximum absolute atomic E-state index is 12.7. The smallest absolute Gasteiger partial charge is 0.266 e. The highest BCUT2D eigenvalue weighted by Gasteiger charge is 2.13. The molecular formula is C29H27ClN2O4. The van der Waals surface area contributed by atoms with Gasteiger partial charge in [-0.15, -0.1) is 6.58 Å². The van der Waals surface area contributed by atoms with Crippen LogP contribution in [0.4, 0.5) is 5.69 Å². The molecule has 0 spiro atoms. The predicted octanol–water partition coefficient (Wildman–Crippen LogP) is 6.39. The summed E-state index contributed by atoms with van der Waals surface area (Å²) in [6.45, 7) is 6.14. The highest BCUT2D eigenvalue weighted by Crippen LogP contribution is 2.29. The molecule has 1 N–H and O–H groups in total. The van der Waals surface area contributed by atoms with Crippen LogP contribution in [0.15, 0.2) is 78.9 Å². The van der Waals surface area contributed by atoms with Crippen LogP contribution in [0.5, 0.6) is 17.2 Å². The van der Waals surface area contributed by atoms with E-state index < -0.39 is 5.91 Å². The van der Waals surface area contributed by atoms with Gasteiger partial charge in [0.15, 0.2) is 11.5 Å². The Morgan fingerprint density at radius 2 is 1.81 bits per heavy atom. The largest absolute Gasteiger partial charge is 0.493 e. The number of halogens is 1. The van der Waals surface area contributed by atoms with Crippen molar-refractivity contribution < 1.29 is 19.0 Å². The number of nitrogens with zero attached hydrogens (tertiary/aromatic N) is 1. The molecule has 0 aromatic heterocycles. The Hall–Kier alpha value is -4.21. The lowest BCUT2D eigenvalue weighted by molar-refractivity contribution is -0.112. The Bertz CT molecular complexity index is 1310. The number of hydrogen-bond donors (Lipinski definition) is 1. The van der Waals surface area contributed by atoms with E-state index in [-0.39, 0.29) is 18.8 Å². The molecule has 0 aliphatic rings. The molecule has 0 radical (unpaired) electrons. The number of benzene rings is 3. The van der Waals surface area contributed by atoms with E-state index >= 15 is 0 Å². The van der Waals surface area contributed by atoms with Gasteiger partial charge in [-0.3, -0.25) is 4.79 Å². The molecule has 1 amide bonds. The van der Waals surface area contributed by atoms with Gasteiger partial charge >= 0.3 is 0 Å². The number of hydrogen-bond acceptors (Lipinski definition) is 5. The quantitative estimate of drug-likeness (QED) is 0.142. The van der Waals surface area contributed by atoms with Crippen LogP contribution in [0.2, 0.25) is 5.02 Å². The van der Waals surface area contributed by atoms with Gasteiger partial charge in [-0.2, -0.15) is 5.26 Å². The van der Waals surface area contributed by atoms with Crippen molar-refractivity contribution in [2.45, 2.75) is 13.3 Å². The average molecular weight is 503 g/mol. The van der Waals surface area contributed by atoms with Crippen LogP contribution < -0.4 is 19.5 Å². The summed E-state index contributed by atoms with van der Waals surface area (Å²) in [6, 6.07) is 20.0. The number of anilines is 1. The summed E-state index contributed by atoms with van der Waals surface area (Å²) < 4.78 is 17.1. The van der Waals surface area contributed by atoms with Gasteiger partial charge in [0.1, 0.15) is 30.6 Å². The second-order valence-corrected chi connectivity index (χ2v) is 8.29. The summed E-state index contributed by atoms with van der Waals surface area (Å²) in [5.74, 6) is 1.17. The standard InChI is InChI=1S/C29H27ClN2O4/c1-4-6-21-9-11-27(28(16-21)34-3)36-14-13-35-26-12-10-24(30)18-22(26)17-23(19-31)29(33)32-25-8-5-7-20(2)15-25/h4-5,7-12,15-18H,1,6,13-14H2,2-3H3,(H,32,33)/b23-17+. The Morgan fingerprint density at radius 3 is 2.50 bits per heavy atom. The number of amides is 1. The van der Waals surface area contributed by atoms with Crippen molar-refractivity contribution in [3.05, 3.63) is 101 Å². The van der Waals surface area contributed by atoms with Gasteiger partial charge in [0.25, 0.3) is 5.91 Å². The van der Waals surface area contributed by atoms with Gasteiger partial charge in [0, 0.05) is 16.3 Å². The highest BCUT2D eigenvalue weighted by atomic mass is 35.5. The number of methoxy groups -OCH3 is 1. The maximum Gasteiger partial charge on any atom is 0.266 e. The molecule has 0 bridgehead atoms. The SMILES string of the molecule is C=CCc1ccc(OCCOc2ccc(Cl)cc2/C=C(\C#N)C(=O)Nc2cccc(C)c2)c(OC)c1. The van der Waals surface area contributed by atoms with Gasteiger partial charge in [-0.25, -0.2) is 0 Å². The zero-order valence-electron chi connectivity index (χ0n) is 20.2. The molecule has 3 rings (SSSR count). The van der Waals surface area contributed by atoms with Crippen LogP contribution >= 0.6 is 11.6 Å². The fourth-order valence-corrected chi connectivity index (χ4v) is 3.60. The molecule has 0 unspecified atom stereocenters. The van der Waals surface area contributed by atoms with Crippen molar-refractivity contribution >= 4 is 29.3 Å². The Kier molecular flexibility index (Phi) is 9.56. The zero-order chi connectivity index (χ0) is 25.9. The summed E-state index contributed by atoms with van der Waals surface area (Å²) in [5, 5.41) is 12.8. The third kappa shape index (κ3) is 7.39. The van der Waals surface area contributed by atoms with Crippen molar-refractivity contribution in [1.82, 2.24) is 0 Å². The molecule has 0 saturated carbocycles. The maximum atomic E-state index is 12.7. The van der Waals surface area contributed by atoms with Crippen molar-refractivity contribution in [1.29, 1.82) is 5.26 Å². The minimum atomic E-state index is -0.524. The van der Waals surface area contributed by atoms with E-state index in [0.29, 0.717) is 33.5 Å². The number of ether oxygens (including phenoxy) is 3. The topological polar surface area (TPSA) is 80.6 Å². The first-order valence-corrected chi connectivity index (χ1v) is 11.6. The first-order valence-electron chi connectivity index (χ1n) is 11.3. The van der Waals surface area contributed by atoms with E-state index in [0.717, 1.165) is 17.5 Å². The van der Waals surface area contributed by atoms with E-state index in [1.54, 1.807) is 31.4 Å². The number of carbonyl (C=O) groups is 1. The molecule has 0 saturated heterocycles. The third-order valence-corrected chi connectivity index (χ3v) is 5.35. The summed E-state index contributed by atoms with van der Waals surface area (Å²) in [4.78, 5) is 12.7. The number of rotatable bonds is 11. The number of nitriles is 1. The molecule has 0 atom stereocenters. The van der Waals surface area contributed by atoms with Crippen LogP contribution in [0.3, 0.4) is 0 Å². The molecule has 0 heterocycles. The molecule has 0 aliphatic heterocycles. The summed E-state index contributed by atoms with van der Waals surface area (Å²) >= 11 is 6.17. The van der Waals surface area contributed by atoms with Crippen molar-refractivity contribution in [3.63, 3.8) is 0 Å². The number of carbonyl (C=O) groups excluding carboxylic acids is 1. The number of allylic oxidation sites excluding steroid dienone is 1. The van der Waals surface area contributed by atoms with Crippen LogP contribution in [0.1, 0.15) is 16.7 Å². The van der Waals surface area contributed by atoms with E-state index in [1.165, 1.54) is 6.08 Å². The molecule has 6 nitrogen and oxygen atoms in total. The van der Waals surface area contributed by atoms with E-state index in [4.69, 9.17) is 25.8 Å². The van der Waals surface area contributed by atoms with Gasteiger partial charge in [0.2, 0.25) is 0 Å². The Balaban J connectivity index is 1.69. The van der Waals surface area contributed by atoms with Gasteiger partial charge in [0.05, 0.1) is 7.11 Å². The lowest BCUT2D eigenvalue weighted by Crippen LogP contribution is -2.14. The van der Waals surface area contributed by atoms with Crippen LogP contribution in [-0.2, 0) is 11.2 Å².